The van der Waals surface area contributed by atoms with Crippen LogP contribution in [0.3, 0.4) is 0 Å². The number of morpholine rings is 1. The Labute approximate surface area is 124 Å². The van der Waals surface area contributed by atoms with Crippen molar-refractivity contribution in [2.45, 2.75) is 13.0 Å². The number of nitrogens with zero attached hydrogens (tertiary/aromatic N) is 3. The molecule has 1 saturated heterocycles. The monoisotopic (exact) mass is 309 g/mol. The Hall–Kier alpha value is -1.93. The van der Waals surface area contributed by atoms with Gasteiger partial charge in [-0.25, -0.2) is 4.79 Å². The average Bonchev–Trinajstić information content (AvgIpc) is 3.01. The van der Waals surface area contributed by atoms with E-state index in [2.05, 4.69) is 5.10 Å². The predicted octanol–water partition coefficient (Wildman–Crippen LogP) is 0.869. The number of carboxylic acid groups (broad SMARTS) is 1. The molecule has 3 rings (SSSR count). The Kier molecular flexibility index (Phi) is 3.42. The molecule has 0 aliphatic carbocycles. The van der Waals surface area contributed by atoms with Crippen molar-refractivity contribution in [3.63, 3.8) is 0 Å². The van der Waals surface area contributed by atoms with Gasteiger partial charge in [-0.2, -0.15) is 5.10 Å². The summed E-state index contributed by atoms with van der Waals surface area (Å²) in [6.07, 6.45) is 0. The van der Waals surface area contributed by atoms with Crippen molar-refractivity contribution < 1.29 is 19.4 Å². The molecule has 7 nitrogen and oxygen atoms in total. The van der Waals surface area contributed by atoms with E-state index in [1.165, 1.54) is 16.2 Å². The van der Waals surface area contributed by atoms with E-state index in [4.69, 9.17) is 4.74 Å². The van der Waals surface area contributed by atoms with Crippen LogP contribution < -0.4 is 0 Å². The van der Waals surface area contributed by atoms with Crippen molar-refractivity contribution in [3.8, 4) is 0 Å². The highest BCUT2D eigenvalue weighted by atomic mass is 32.1. The summed E-state index contributed by atoms with van der Waals surface area (Å²) < 4.78 is 6.89. The minimum atomic E-state index is -1.04. The number of ether oxygens (including phenoxy) is 1. The first-order valence-corrected chi connectivity index (χ1v) is 7.35. The zero-order valence-corrected chi connectivity index (χ0v) is 12.5. The van der Waals surface area contributed by atoms with E-state index >= 15 is 0 Å². The molecule has 0 bridgehead atoms. The number of carbonyl (C=O) groups excluding carboxylic acids is 1. The maximum atomic E-state index is 12.6. The van der Waals surface area contributed by atoms with Crippen LogP contribution in [-0.4, -0.2) is 57.5 Å². The van der Waals surface area contributed by atoms with Crippen molar-refractivity contribution in [2.24, 2.45) is 7.05 Å². The highest BCUT2D eigenvalue weighted by molar-refractivity contribution is 7.20. The lowest BCUT2D eigenvalue weighted by atomic mass is 10.2. The van der Waals surface area contributed by atoms with Crippen LogP contribution in [-0.2, 0) is 16.6 Å². The third-order valence-electron chi connectivity index (χ3n) is 3.58. The maximum Gasteiger partial charge on any atom is 0.328 e. The van der Waals surface area contributed by atoms with Gasteiger partial charge in [-0.05, 0) is 13.0 Å². The van der Waals surface area contributed by atoms with Gasteiger partial charge in [0.2, 0.25) is 0 Å². The van der Waals surface area contributed by atoms with Crippen LogP contribution in [0.5, 0.6) is 0 Å². The van der Waals surface area contributed by atoms with Crippen LogP contribution in [0, 0.1) is 6.92 Å². The molecule has 0 aromatic carbocycles. The summed E-state index contributed by atoms with van der Waals surface area (Å²) in [6.45, 7) is 2.58. The Morgan fingerprint density at radius 1 is 1.52 bits per heavy atom. The topological polar surface area (TPSA) is 84.7 Å². The molecule has 21 heavy (non-hydrogen) atoms. The molecule has 2 aromatic rings. The van der Waals surface area contributed by atoms with Gasteiger partial charge in [0, 0.05) is 19.0 Å². The van der Waals surface area contributed by atoms with Crippen molar-refractivity contribution in [1.82, 2.24) is 14.7 Å². The van der Waals surface area contributed by atoms with Gasteiger partial charge in [0.25, 0.3) is 5.91 Å². The van der Waals surface area contributed by atoms with Crippen molar-refractivity contribution >= 4 is 33.4 Å². The molecule has 1 fully saturated rings. The highest BCUT2D eigenvalue weighted by Gasteiger charge is 2.34. The van der Waals surface area contributed by atoms with E-state index in [0.717, 1.165) is 15.9 Å². The zero-order chi connectivity index (χ0) is 15.1. The number of thiophene rings is 1. The molecule has 1 atom stereocenters. The fourth-order valence-electron chi connectivity index (χ4n) is 2.50. The van der Waals surface area contributed by atoms with E-state index in [-0.39, 0.29) is 12.5 Å². The Balaban J connectivity index is 1.95. The van der Waals surface area contributed by atoms with Crippen LogP contribution in [0.15, 0.2) is 6.07 Å². The summed E-state index contributed by atoms with van der Waals surface area (Å²) in [4.78, 5) is 26.7. The second-order valence-electron chi connectivity index (χ2n) is 4.97. The van der Waals surface area contributed by atoms with Gasteiger partial charge in [0.1, 0.15) is 4.83 Å². The lowest BCUT2D eigenvalue weighted by Crippen LogP contribution is -2.52. The van der Waals surface area contributed by atoms with Crippen LogP contribution in [0.1, 0.15) is 15.4 Å². The maximum absolute atomic E-state index is 12.6. The largest absolute Gasteiger partial charge is 0.480 e. The van der Waals surface area contributed by atoms with Gasteiger partial charge < -0.3 is 14.7 Å². The van der Waals surface area contributed by atoms with Crippen molar-refractivity contribution in [2.75, 3.05) is 19.8 Å². The quantitative estimate of drug-likeness (QED) is 0.890. The Morgan fingerprint density at radius 3 is 2.95 bits per heavy atom. The van der Waals surface area contributed by atoms with Gasteiger partial charge in [0.15, 0.2) is 6.04 Å². The number of carbonyl (C=O) groups is 2. The van der Waals surface area contributed by atoms with Crippen LogP contribution in [0.4, 0.5) is 0 Å². The molecule has 112 valence electrons. The van der Waals surface area contributed by atoms with E-state index in [1.807, 2.05) is 14.0 Å². The Bertz CT molecular complexity index is 686. The lowest BCUT2D eigenvalue weighted by Gasteiger charge is -2.32. The molecular weight excluding hydrogens is 294 g/mol. The molecule has 1 unspecified atom stereocenters. The van der Waals surface area contributed by atoms with Gasteiger partial charge in [-0.15, -0.1) is 11.3 Å². The first-order valence-electron chi connectivity index (χ1n) is 6.53. The normalized spacial score (nSPS) is 19.1. The van der Waals surface area contributed by atoms with Gasteiger partial charge in [-0.3, -0.25) is 9.48 Å². The second-order valence-corrected chi connectivity index (χ2v) is 6.00. The summed E-state index contributed by atoms with van der Waals surface area (Å²) >= 11 is 1.34. The number of hydrogen-bond acceptors (Lipinski definition) is 5. The average molecular weight is 309 g/mol. The van der Waals surface area contributed by atoms with E-state index in [1.54, 1.807) is 10.7 Å². The van der Waals surface area contributed by atoms with Crippen LogP contribution >= 0.6 is 11.3 Å². The predicted molar refractivity (Wildman–Crippen MR) is 76.6 cm³/mol. The van der Waals surface area contributed by atoms with Crippen molar-refractivity contribution in [3.05, 3.63) is 16.6 Å². The molecule has 1 amide bonds. The number of fused-ring (bicyclic) bond motifs is 1. The van der Waals surface area contributed by atoms with E-state index < -0.39 is 12.0 Å². The molecule has 1 aliphatic rings. The molecule has 8 heteroatoms. The first kappa shape index (κ1) is 14.0. The zero-order valence-electron chi connectivity index (χ0n) is 11.7. The third kappa shape index (κ3) is 2.30. The number of aryl methyl sites for hydroxylation is 2. The van der Waals surface area contributed by atoms with Crippen LogP contribution in [0.25, 0.3) is 10.2 Å². The molecule has 0 spiro atoms. The summed E-state index contributed by atoms with van der Waals surface area (Å²) in [5.41, 5.74) is 0.861. The van der Waals surface area contributed by atoms with E-state index in [9.17, 15) is 14.7 Å². The minimum Gasteiger partial charge on any atom is -0.480 e. The number of amides is 1. The summed E-state index contributed by atoms with van der Waals surface area (Å²) in [5.74, 6) is -1.30. The molecule has 2 aromatic heterocycles. The molecular formula is C13H15N3O4S. The SMILES string of the molecule is Cc1nn(C)c2sc(C(=O)N3CCOCC3C(=O)O)cc12. The summed E-state index contributed by atoms with van der Waals surface area (Å²) in [6, 6.07) is 0.870. The van der Waals surface area contributed by atoms with E-state index in [0.29, 0.717) is 18.0 Å². The smallest absolute Gasteiger partial charge is 0.328 e. The standard InChI is InChI=1S/C13H15N3O4S/c1-7-8-5-10(21-12(8)15(2)14-7)11(17)16-3-4-20-6-9(16)13(18)19/h5,9H,3-4,6H2,1-2H3,(H,18,19). The fourth-order valence-corrected chi connectivity index (χ4v) is 3.58. The van der Waals surface area contributed by atoms with Crippen LogP contribution in [0.2, 0.25) is 0 Å². The minimum absolute atomic E-state index is 0.0343. The van der Waals surface area contributed by atoms with Gasteiger partial charge in [0.05, 0.1) is 23.8 Å². The molecule has 0 radical (unpaired) electrons. The number of carboxylic acids is 1. The summed E-state index contributed by atoms with van der Waals surface area (Å²) in [5, 5.41) is 14.4. The third-order valence-corrected chi connectivity index (χ3v) is 4.77. The number of hydrogen-bond donors (Lipinski definition) is 1. The second kappa shape index (κ2) is 5.12. The first-order chi connectivity index (χ1) is 9.99. The van der Waals surface area contributed by atoms with Gasteiger partial charge >= 0.3 is 5.97 Å². The number of aromatic nitrogens is 2. The number of rotatable bonds is 2. The molecule has 1 aliphatic heterocycles. The fraction of sp³-hybridized carbons (Fsp3) is 0.462. The van der Waals surface area contributed by atoms with Crippen molar-refractivity contribution in [1.29, 1.82) is 0 Å². The van der Waals surface area contributed by atoms with Gasteiger partial charge in [-0.1, -0.05) is 0 Å². The molecule has 1 N–H and O–H groups in total. The lowest BCUT2D eigenvalue weighted by molar-refractivity contribution is -0.147. The number of aliphatic carboxylic acids is 1. The highest BCUT2D eigenvalue weighted by Crippen LogP contribution is 2.29. The molecule has 3 heterocycles. The summed E-state index contributed by atoms with van der Waals surface area (Å²) in [7, 11) is 1.83. The Morgan fingerprint density at radius 2 is 2.29 bits per heavy atom. The molecule has 0 saturated carbocycles.